The molecule has 5 nitrogen and oxygen atoms in total. The van der Waals surface area contributed by atoms with E-state index in [9.17, 15) is 30.8 Å². The zero-order chi connectivity index (χ0) is 21.9. The van der Waals surface area contributed by atoms with E-state index in [-0.39, 0.29) is 16.3 Å². The first-order chi connectivity index (χ1) is 14.1. The first-order valence-corrected chi connectivity index (χ1v) is 9.91. The molecule has 0 heterocycles. The van der Waals surface area contributed by atoms with Crippen LogP contribution in [0.2, 0.25) is 0 Å². The highest BCUT2D eigenvalue weighted by Crippen LogP contribution is 2.32. The van der Waals surface area contributed by atoms with Gasteiger partial charge < -0.3 is 5.32 Å². The van der Waals surface area contributed by atoms with Gasteiger partial charge in [0, 0.05) is 5.56 Å². The second-order valence-corrected chi connectivity index (χ2v) is 7.79. The molecule has 0 spiro atoms. The lowest BCUT2D eigenvalue weighted by atomic mass is 10.1. The number of para-hydroxylation sites is 2. The van der Waals surface area contributed by atoms with Crippen molar-refractivity contribution in [2.45, 2.75) is 11.1 Å². The third kappa shape index (κ3) is 4.77. The summed E-state index contributed by atoms with van der Waals surface area (Å²) < 4.78 is 79.4. The molecule has 0 aliphatic carbocycles. The van der Waals surface area contributed by atoms with Gasteiger partial charge in [-0.15, -0.1) is 0 Å². The quantitative estimate of drug-likeness (QED) is 0.557. The van der Waals surface area contributed by atoms with E-state index in [1.54, 1.807) is 6.07 Å². The Balaban J connectivity index is 1.88. The fraction of sp³-hybridized carbons (Fsp3) is 0.0500. The first kappa shape index (κ1) is 21.3. The predicted molar refractivity (Wildman–Crippen MR) is 103 cm³/mol. The fourth-order valence-corrected chi connectivity index (χ4v) is 3.66. The normalized spacial score (nSPS) is 11.7. The minimum Gasteiger partial charge on any atom is -0.320 e. The standard InChI is InChI=1S/C20H14F4N2O3S/c21-16-11-10-13(12-15(16)20(22,23)24)19(27)25-17-8-4-5-9-18(17)26-30(28,29)14-6-2-1-3-7-14/h1-12,26H,(H,25,27). The van der Waals surface area contributed by atoms with Crippen LogP contribution < -0.4 is 10.0 Å². The van der Waals surface area contributed by atoms with Gasteiger partial charge >= 0.3 is 6.18 Å². The highest BCUT2D eigenvalue weighted by atomic mass is 32.2. The van der Waals surface area contributed by atoms with Gasteiger partial charge in [-0.1, -0.05) is 30.3 Å². The molecule has 0 radical (unpaired) electrons. The van der Waals surface area contributed by atoms with E-state index < -0.39 is 39.1 Å². The maximum atomic E-state index is 13.4. The lowest BCUT2D eigenvalue weighted by Gasteiger charge is -2.14. The maximum Gasteiger partial charge on any atom is 0.419 e. The Morgan fingerprint density at radius 3 is 2.07 bits per heavy atom. The van der Waals surface area contributed by atoms with Gasteiger partial charge in [0.2, 0.25) is 0 Å². The lowest BCUT2D eigenvalue weighted by Crippen LogP contribution is -2.18. The summed E-state index contributed by atoms with van der Waals surface area (Å²) in [5.74, 6) is -2.47. The Labute approximate surface area is 169 Å². The van der Waals surface area contributed by atoms with Crippen molar-refractivity contribution in [3.63, 3.8) is 0 Å². The smallest absolute Gasteiger partial charge is 0.320 e. The highest BCUT2D eigenvalue weighted by Gasteiger charge is 2.34. The van der Waals surface area contributed by atoms with Crippen molar-refractivity contribution >= 4 is 27.3 Å². The van der Waals surface area contributed by atoms with E-state index in [1.807, 2.05) is 0 Å². The van der Waals surface area contributed by atoms with Crippen LogP contribution in [0, 0.1) is 5.82 Å². The molecule has 156 valence electrons. The van der Waals surface area contributed by atoms with Crippen LogP contribution in [0.5, 0.6) is 0 Å². The van der Waals surface area contributed by atoms with Crippen LogP contribution in [-0.2, 0) is 16.2 Å². The molecule has 1 amide bonds. The Hall–Kier alpha value is -3.40. The van der Waals surface area contributed by atoms with Gasteiger partial charge in [-0.2, -0.15) is 13.2 Å². The van der Waals surface area contributed by atoms with Gasteiger partial charge in [0.05, 0.1) is 21.8 Å². The van der Waals surface area contributed by atoms with Crippen LogP contribution >= 0.6 is 0 Å². The number of nitrogens with one attached hydrogen (secondary N) is 2. The number of hydrogen-bond acceptors (Lipinski definition) is 3. The number of anilines is 2. The number of hydrogen-bond donors (Lipinski definition) is 2. The van der Waals surface area contributed by atoms with Crippen LogP contribution in [0.25, 0.3) is 0 Å². The molecule has 3 aromatic carbocycles. The van der Waals surface area contributed by atoms with Crippen molar-refractivity contribution in [3.8, 4) is 0 Å². The van der Waals surface area contributed by atoms with Crippen molar-refractivity contribution in [1.82, 2.24) is 0 Å². The van der Waals surface area contributed by atoms with Crippen molar-refractivity contribution in [3.05, 3.63) is 89.7 Å². The number of rotatable bonds is 5. The van der Waals surface area contributed by atoms with Gasteiger partial charge in [-0.05, 0) is 42.5 Å². The average molecular weight is 438 g/mol. The van der Waals surface area contributed by atoms with E-state index in [1.165, 1.54) is 48.5 Å². The molecule has 0 aliphatic rings. The Morgan fingerprint density at radius 1 is 0.833 bits per heavy atom. The van der Waals surface area contributed by atoms with Gasteiger partial charge in [0.25, 0.3) is 15.9 Å². The van der Waals surface area contributed by atoms with Crippen LogP contribution in [0.4, 0.5) is 28.9 Å². The summed E-state index contributed by atoms with van der Waals surface area (Å²) in [6, 6.07) is 15.1. The van der Waals surface area contributed by atoms with Crippen molar-refractivity contribution in [1.29, 1.82) is 0 Å². The fourth-order valence-electron chi connectivity index (χ4n) is 2.56. The Kier molecular flexibility index (Phi) is 5.79. The topological polar surface area (TPSA) is 75.3 Å². The van der Waals surface area contributed by atoms with Crippen LogP contribution in [0.3, 0.4) is 0 Å². The summed E-state index contributed by atoms with van der Waals surface area (Å²) in [5.41, 5.74) is -1.99. The zero-order valence-electron chi connectivity index (χ0n) is 15.1. The molecule has 0 aromatic heterocycles. The highest BCUT2D eigenvalue weighted by molar-refractivity contribution is 7.92. The van der Waals surface area contributed by atoms with E-state index in [0.717, 1.165) is 6.07 Å². The van der Waals surface area contributed by atoms with E-state index in [4.69, 9.17) is 0 Å². The van der Waals surface area contributed by atoms with Crippen LogP contribution in [0.1, 0.15) is 15.9 Å². The zero-order valence-corrected chi connectivity index (χ0v) is 15.9. The summed E-state index contributed by atoms with van der Waals surface area (Å²) in [4.78, 5) is 12.4. The third-order valence-corrected chi connectivity index (χ3v) is 5.39. The van der Waals surface area contributed by atoms with Crippen LogP contribution in [-0.4, -0.2) is 14.3 Å². The molecule has 0 aliphatic heterocycles. The lowest BCUT2D eigenvalue weighted by molar-refractivity contribution is -0.140. The molecule has 0 unspecified atom stereocenters. The van der Waals surface area contributed by atoms with E-state index >= 15 is 0 Å². The number of carbonyl (C=O) groups is 1. The molecule has 0 atom stereocenters. The molecule has 10 heteroatoms. The summed E-state index contributed by atoms with van der Waals surface area (Å²) in [5, 5.41) is 2.34. The molecule has 2 N–H and O–H groups in total. The number of sulfonamides is 1. The summed E-state index contributed by atoms with van der Waals surface area (Å²) in [7, 11) is -3.97. The number of benzene rings is 3. The minimum absolute atomic E-state index is 0.00728. The Bertz CT molecular complexity index is 1180. The first-order valence-electron chi connectivity index (χ1n) is 8.43. The second kappa shape index (κ2) is 8.15. The van der Waals surface area contributed by atoms with E-state index in [2.05, 4.69) is 10.0 Å². The molecule has 3 rings (SSSR count). The molecule has 0 saturated heterocycles. The SMILES string of the molecule is O=C(Nc1ccccc1NS(=O)(=O)c1ccccc1)c1ccc(F)c(C(F)(F)F)c1. The van der Waals surface area contributed by atoms with E-state index in [0.29, 0.717) is 12.1 Å². The second-order valence-electron chi connectivity index (χ2n) is 6.11. The number of alkyl halides is 3. The molecule has 3 aromatic rings. The van der Waals surface area contributed by atoms with Crippen LogP contribution in [0.15, 0.2) is 77.7 Å². The van der Waals surface area contributed by atoms with Crippen molar-refractivity contribution in [2.24, 2.45) is 0 Å². The van der Waals surface area contributed by atoms with Crippen molar-refractivity contribution in [2.75, 3.05) is 10.0 Å². The molecule has 0 fully saturated rings. The number of halogens is 4. The summed E-state index contributed by atoms with van der Waals surface area (Å²) in [6.07, 6.45) is -4.97. The van der Waals surface area contributed by atoms with Gasteiger partial charge in [0.1, 0.15) is 5.82 Å². The van der Waals surface area contributed by atoms with Gasteiger partial charge in [0.15, 0.2) is 0 Å². The predicted octanol–water partition coefficient (Wildman–Crippen LogP) is 4.90. The molecular weight excluding hydrogens is 424 g/mol. The van der Waals surface area contributed by atoms with Gasteiger partial charge in [-0.25, -0.2) is 12.8 Å². The van der Waals surface area contributed by atoms with Gasteiger partial charge in [-0.3, -0.25) is 9.52 Å². The third-order valence-electron chi connectivity index (χ3n) is 4.01. The molecule has 30 heavy (non-hydrogen) atoms. The number of amides is 1. The summed E-state index contributed by atoms with van der Waals surface area (Å²) in [6.45, 7) is 0. The minimum atomic E-state index is -4.97. The number of carbonyl (C=O) groups excluding carboxylic acids is 1. The Morgan fingerprint density at radius 2 is 1.43 bits per heavy atom. The largest absolute Gasteiger partial charge is 0.419 e. The van der Waals surface area contributed by atoms with Crippen molar-refractivity contribution < 1.29 is 30.8 Å². The molecular formula is C20H14F4N2O3S. The monoisotopic (exact) mass is 438 g/mol. The molecule has 0 saturated carbocycles. The summed E-state index contributed by atoms with van der Waals surface area (Å²) >= 11 is 0. The molecule has 0 bridgehead atoms. The maximum absolute atomic E-state index is 13.4. The average Bonchev–Trinajstić information content (AvgIpc) is 2.69.